The van der Waals surface area contributed by atoms with Crippen LogP contribution in [0.2, 0.25) is 0 Å². The molecule has 4 N–H and O–H groups in total. The Hall–Kier alpha value is -1.59. The second-order valence-electron chi connectivity index (χ2n) is 16.2. The van der Waals surface area contributed by atoms with Gasteiger partial charge in [0.05, 0.1) is 19.8 Å². The van der Waals surface area contributed by atoms with Crippen LogP contribution < -0.4 is 0 Å². The minimum absolute atomic E-state index is 0.119. The van der Waals surface area contributed by atoms with Gasteiger partial charge in [0.1, 0.15) is 30.5 Å². The maximum absolute atomic E-state index is 12.8. The molecule has 0 radical (unpaired) electrons. The van der Waals surface area contributed by atoms with Gasteiger partial charge in [-0.1, -0.05) is 159 Å². The summed E-state index contributed by atoms with van der Waals surface area (Å²) in [6.07, 6.45) is 40.2. The highest BCUT2D eigenvalue weighted by Gasteiger charge is 2.44. The van der Waals surface area contributed by atoms with Crippen molar-refractivity contribution in [2.75, 3.05) is 26.4 Å². The lowest BCUT2D eigenvalue weighted by Gasteiger charge is -2.39. The zero-order valence-corrected chi connectivity index (χ0v) is 36.6. The number of esters is 1. The van der Waals surface area contributed by atoms with Crippen molar-refractivity contribution < 1.29 is 44.2 Å². The van der Waals surface area contributed by atoms with E-state index in [2.05, 4.69) is 50.3 Å². The van der Waals surface area contributed by atoms with Crippen LogP contribution in [0.25, 0.3) is 0 Å². The number of hydrogen-bond donors (Lipinski definition) is 4. The first-order valence-corrected chi connectivity index (χ1v) is 23.6. The van der Waals surface area contributed by atoms with E-state index >= 15 is 0 Å². The Bertz CT molecular complexity index is 968. The molecule has 0 aromatic heterocycles. The predicted octanol–water partition coefficient (Wildman–Crippen LogP) is 10.8. The molecule has 6 unspecified atom stereocenters. The summed E-state index contributed by atoms with van der Waals surface area (Å²) in [4.78, 5) is 12.8. The molecule has 1 aliphatic heterocycles. The van der Waals surface area contributed by atoms with Gasteiger partial charge in [0.15, 0.2) is 6.29 Å². The summed E-state index contributed by atoms with van der Waals surface area (Å²) < 4.78 is 22.8. The average Bonchev–Trinajstić information content (AvgIpc) is 3.21. The van der Waals surface area contributed by atoms with Gasteiger partial charge in [-0.05, 0) is 70.6 Å². The molecule has 0 bridgehead atoms. The third-order valence-electron chi connectivity index (χ3n) is 10.8. The van der Waals surface area contributed by atoms with Crippen molar-refractivity contribution in [3.05, 3.63) is 36.5 Å². The van der Waals surface area contributed by atoms with Crippen molar-refractivity contribution in [1.82, 2.24) is 0 Å². The average molecular weight is 809 g/mol. The molecule has 0 aliphatic carbocycles. The number of hydrogen-bond acceptors (Lipinski definition) is 9. The van der Waals surface area contributed by atoms with Crippen molar-refractivity contribution in [2.45, 2.75) is 237 Å². The Morgan fingerprint density at radius 2 is 1.02 bits per heavy atom. The Morgan fingerprint density at radius 1 is 0.561 bits per heavy atom. The minimum atomic E-state index is -1.54. The summed E-state index contributed by atoms with van der Waals surface area (Å²) in [5.41, 5.74) is 0. The normalized spacial score (nSPS) is 20.7. The fourth-order valence-electron chi connectivity index (χ4n) is 7.05. The molecule has 0 spiro atoms. The van der Waals surface area contributed by atoms with Crippen molar-refractivity contribution >= 4 is 5.97 Å². The van der Waals surface area contributed by atoms with Crippen molar-refractivity contribution in [3.8, 4) is 0 Å². The fourth-order valence-corrected chi connectivity index (χ4v) is 7.05. The Balaban J connectivity index is 2.26. The lowest BCUT2D eigenvalue weighted by molar-refractivity contribution is -0.305. The van der Waals surface area contributed by atoms with Gasteiger partial charge >= 0.3 is 5.97 Å². The molecule has 1 saturated heterocycles. The van der Waals surface area contributed by atoms with E-state index < -0.39 is 43.4 Å². The maximum atomic E-state index is 12.8. The Kier molecular flexibility index (Phi) is 37.4. The first-order valence-electron chi connectivity index (χ1n) is 23.6. The van der Waals surface area contributed by atoms with Crippen molar-refractivity contribution in [2.24, 2.45) is 0 Å². The second-order valence-corrected chi connectivity index (χ2v) is 16.2. The van der Waals surface area contributed by atoms with Gasteiger partial charge in [0.25, 0.3) is 0 Å². The van der Waals surface area contributed by atoms with E-state index in [0.717, 1.165) is 51.4 Å². The maximum Gasteiger partial charge on any atom is 0.306 e. The van der Waals surface area contributed by atoms with Crippen molar-refractivity contribution in [1.29, 1.82) is 0 Å². The molecule has 0 aromatic rings. The molecule has 9 heteroatoms. The summed E-state index contributed by atoms with van der Waals surface area (Å²) >= 11 is 0. The molecule has 1 heterocycles. The van der Waals surface area contributed by atoms with E-state index in [1.165, 1.54) is 128 Å². The van der Waals surface area contributed by atoms with Crippen LogP contribution in [0.15, 0.2) is 36.5 Å². The number of allylic oxidation sites excluding steroid dienone is 6. The highest BCUT2D eigenvalue weighted by molar-refractivity contribution is 5.69. The van der Waals surface area contributed by atoms with E-state index in [4.69, 9.17) is 18.9 Å². The van der Waals surface area contributed by atoms with Crippen LogP contribution in [0, 0.1) is 0 Å². The summed E-state index contributed by atoms with van der Waals surface area (Å²) in [5.74, 6) is -0.321. The summed E-state index contributed by atoms with van der Waals surface area (Å²) in [5, 5.41) is 40.1. The van der Waals surface area contributed by atoms with E-state index in [-0.39, 0.29) is 19.2 Å². The van der Waals surface area contributed by atoms with Crippen molar-refractivity contribution in [3.63, 3.8) is 0 Å². The fraction of sp³-hybridized carbons (Fsp3) is 0.854. The summed E-state index contributed by atoms with van der Waals surface area (Å²) in [6.45, 7) is 4.51. The topological polar surface area (TPSA) is 135 Å². The molecule has 334 valence electrons. The summed E-state index contributed by atoms with van der Waals surface area (Å²) in [6, 6.07) is 0. The molecule has 1 fully saturated rings. The van der Waals surface area contributed by atoms with Crippen LogP contribution in [-0.4, -0.2) is 89.6 Å². The highest BCUT2D eigenvalue weighted by Crippen LogP contribution is 2.22. The van der Waals surface area contributed by atoms with E-state index in [0.29, 0.717) is 13.0 Å². The van der Waals surface area contributed by atoms with E-state index in [9.17, 15) is 25.2 Å². The van der Waals surface area contributed by atoms with E-state index in [1.807, 2.05) is 0 Å². The molecule has 0 aromatic carbocycles. The smallest absolute Gasteiger partial charge is 0.306 e. The lowest BCUT2D eigenvalue weighted by Crippen LogP contribution is -2.59. The number of ether oxygens (including phenoxy) is 4. The van der Waals surface area contributed by atoms with Gasteiger partial charge in [0, 0.05) is 13.0 Å². The molecule has 1 aliphatic rings. The van der Waals surface area contributed by atoms with Gasteiger partial charge in [-0.2, -0.15) is 0 Å². The first kappa shape index (κ1) is 53.4. The number of aliphatic hydroxyl groups is 4. The highest BCUT2D eigenvalue weighted by atomic mass is 16.7. The van der Waals surface area contributed by atoms with Crippen LogP contribution in [0.3, 0.4) is 0 Å². The number of aliphatic hydroxyl groups excluding tert-OH is 4. The third-order valence-corrected chi connectivity index (χ3v) is 10.8. The molecule has 0 saturated carbocycles. The first-order chi connectivity index (χ1) is 27.9. The Labute approximate surface area is 349 Å². The second kappa shape index (κ2) is 39.8. The van der Waals surface area contributed by atoms with Crippen LogP contribution in [0.1, 0.15) is 200 Å². The summed E-state index contributed by atoms with van der Waals surface area (Å²) in [7, 11) is 0. The molecule has 1 rings (SSSR count). The standard InChI is InChI=1S/C48H88O9/c1-3-5-7-9-11-13-15-17-19-21-22-23-25-27-29-31-33-35-37-44(50)56-42(41-55-48-47(53)46(52)45(51)43(39-49)57-48)40-54-38-36-34-32-30-28-26-24-20-18-16-14-12-10-8-6-4-2/h12,14,18-21,42-43,45-49,51-53H,3-11,13,15-17,22-41H2,1-2H3/b14-12-,20-18-,21-19-. The Morgan fingerprint density at radius 3 is 1.56 bits per heavy atom. The number of rotatable bonds is 40. The SMILES string of the molecule is CCCCC/C=C\C/C=C\CCCCCCCCOCC(COC1OC(CO)C(O)C(O)C1O)OC(=O)CCCCCCCCC/C=C\CCCCCCCCC. The molecule has 0 amide bonds. The number of unbranched alkanes of at least 4 members (excludes halogenated alkanes) is 23. The largest absolute Gasteiger partial charge is 0.457 e. The van der Waals surface area contributed by atoms with Gasteiger partial charge < -0.3 is 39.4 Å². The van der Waals surface area contributed by atoms with Gasteiger partial charge in [-0.15, -0.1) is 0 Å². The number of carbonyl (C=O) groups excluding carboxylic acids is 1. The monoisotopic (exact) mass is 809 g/mol. The molecular weight excluding hydrogens is 721 g/mol. The van der Waals surface area contributed by atoms with Gasteiger partial charge in [0.2, 0.25) is 0 Å². The third kappa shape index (κ3) is 31.0. The van der Waals surface area contributed by atoms with Crippen LogP contribution >= 0.6 is 0 Å². The molecular formula is C48H88O9. The molecule has 9 nitrogen and oxygen atoms in total. The van der Waals surface area contributed by atoms with Crippen LogP contribution in [0.4, 0.5) is 0 Å². The van der Waals surface area contributed by atoms with Gasteiger partial charge in [-0.25, -0.2) is 0 Å². The molecule has 57 heavy (non-hydrogen) atoms. The van der Waals surface area contributed by atoms with Gasteiger partial charge in [-0.3, -0.25) is 4.79 Å². The minimum Gasteiger partial charge on any atom is -0.457 e. The zero-order valence-electron chi connectivity index (χ0n) is 36.6. The van der Waals surface area contributed by atoms with Crippen LogP contribution in [-0.2, 0) is 23.7 Å². The lowest BCUT2D eigenvalue weighted by atomic mass is 9.99. The van der Waals surface area contributed by atoms with Crippen LogP contribution in [0.5, 0.6) is 0 Å². The molecule has 6 atom stereocenters. The van der Waals surface area contributed by atoms with E-state index in [1.54, 1.807) is 0 Å². The number of carbonyl (C=O) groups is 1. The zero-order chi connectivity index (χ0) is 41.4. The quantitative estimate of drug-likeness (QED) is 0.0271. The predicted molar refractivity (Wildman–Crippen MR) is 233 cm³/mol.